The maximum absolute atomic E-state index is 13.0. The Balaban J connectivity index is 1.87. The lowest BCUT2D eigenvalue weighted by atomic mass is 9.75. The molecule has 6 heteroatoms. The van der Waals surface area contributed by atoms with E-state index in [-0.39, 0.29) is 24.0 Å². The Kier molecular flexibility index (Phi) is 5.42. The van der Waals surface area contributed by atoms with Crippen LogP contribution in [0.25, 0.3) is 0 Å². The zero-order valence-electron chi connectivity index (χ0n) is 15.2. The number of rotatable bonds is 6. The number of pyridine rings is 1. The van der Waals surface area contributed by atoms with Gasteiger partial charge in [-0.2, -0.15) is 0 Å². The minimum Gasteiger partial charge on any atom is -0.496 e. The molecule has 1 aliphatic rings. The summed E-state index contributed by atoms with van der Waals surface area (Å²) in [5, 5.41) is 12.8. The van der Waals surface area contributed by atoms with E-state index in [0.29, 0.717) is 30.0 Å². The number of aliphatic hydroxyl groups is 1. The number of hydrogen-bond acceptors (Lipinski definition) is 5. The average Bonchev–Trinajstić information content (AvgIpc) is 2.63. The first-order chi connectivity index (χ1) is 12.5. The van der Waals surface area contributed by atoms with Gasteiger partial charge in [-0.1, -0.05) is 18.2 Å². The molecule has 1 saturated carbocycles. The van der Waals surface area contributed by atoms with Gasteiger partial charge in [-0.3, -0.25) is 4.79 Å². The maximum Gasteiger partial charge on any atom is 0.255 e. The minimum atomic E-state index is -0.307. The number of ether oxygens (including phenoxy) is 2. The lowest BCUT2D eigenvalue weighted by molar-refractivity contribution is 0.0234. The smallest absolute Gasteiger partial charge is 0.255 e. The summed E-state index contributed by atoms with van der Waals surface area (Å²) < 4.78 is 10.5. The van der Waals surface area contributed by atoms with Crippen molar-refractivity contribution in [1.82, 2.24) is 10.3 Å². The molecule has 0 saturated heterocycles. The van der Waals surface area contributed by atoms with Gasteiger partial charge in [0, 0.05) is 12.3 Å². The van der Waals surface area contributed by atoms with Crippen molar-refractivity contribution in [3.05, 3.63) is 53.2 Å². The Bertz CT molecular complexity index is 770. The summed E-state index contributed by atoms with van der Waals surface area (Å²) in [4.78, 5) is 17.2. The number of aromatic nitrogens is 1. The van der Waals surface area contributed by atoms with E-state index in [1.807, 2.05) is 25.1 Å². The van der Waals surface area contributed by atoms with Gasteiger partial charge in [0.15, 0.2) is 0 Å². The number of aliphatic hydroxyl groups excluding tert-OH is 1. The Hall–Kier alpha value is -2.60. The third-order valence-corrected chi connectivity index (χ3v) is 4.92. The second-order valence-corrected chi connectivity index (χ2v) is 6.62. The molecule has 6 nitrogen and oxygen atoms in total. The molecule has 1 atom stereocenters. The van der Waals surface area contributed by atoms with Crippen molar-refractivity contribution >= 4 is 5.91 Å². The molecule has 138 valence electrons. The maximum atomic E-state index is 13.0. The number of carbonyl (C=O) groups is 1. The van der Waals surface area contributed by atoms with Crippen molar-refractivity contribution in [2.45, 2.75) is 31.9 Å². The topological polar surface area (TPSA) is 80.7 Å². The van der Waals surface area contributed by atoms with Crippen LogP contribution in [0.2, 0.25) is 0 Å². The predicted molar refractivity (Wildman–Crippen MR) is 97.5 cm³/mol. The Morgan fingerprint density at radius 3 is 2.58 bits per heavy atom. The minimum absolute atomic E-state index is 0.166. The van der Waals surface area contributed by atoms with Crippen LogP contribution in [0.5, 0.6) is 11.6 Å². The largest absolute Gasteiger partial charge is 0.496 e. The van der Waals surface area contributed by atoms with Gasteiger partial charge < -0.3 is 19.9 Å². The van der Waals surface area contributed by atoms with E-state index < -0.39 is 0 Å². The number of benzene rings is 1. The van der Waals surface area contributed by atoms with Crippen LogP contribution in [0, 0.1) is 12.8 Å². The predicted octanol–water partition coefficient (Wildman–Crippen LogP) is 2.65. The van der Waals surface area contributed by atoms with Crippen molar-refractivity contribution in [3.8, 4) is 11.6 Å². The molecule has 1 aliphatic carbocycles. The molecule has 2 N–H and O–H groups in total. The Morgan fingerprint density at radius 2 is 2.00 bits per heavy atom. The summed E-state index contributed by atoms with van der Waals surface area (Å²) in [7, 11) is 3.12. The molecule has 3 rings (SSSR count). The molecule has 1 aromatic heterocycles. The molecular formula is C20H24N2O4. The fourth-order valence-electron chi connectivity index (χ4n) is 3.39. The normalized spacial score (nSPS) is 20.0. The highest BCUT2D eigenvalue weighted by atomic mass is 16.5. The van der Waals surface area contributed by atoms with Gasteiger partial charge in [0.25, 0.3) is 5.91 Å². The molecule has 0 spiro atoms. The lowest BCUT2D eigenvalue weighted by Crippen LogP contribution is -2.41. The van der Waals surface area contributed by atoms with Crippen LogP contribution in [0.15, 0.2) is 36.5 Å². The van der Waals surface area contributed by atoms with Gasteiger partial charge in [0.2, 0.25) is 5.88 Å². The van der Waals surface area contributed by atoms with Crippen LogP contribution in [-0.4, -0.2) is 36.3 Å². The highest BCUT2D eigenvalue weighted by Crippen LogP contribution is 2.38. The van der Waals surface area contributed by atoms with E-state index in [4.69, 9.17) is 9.47 Å². The van der Waals surface area contributed by atoms with Crippen molar-refractivity contribution in [3.63, 3.8) is 0 Å². The summed E-state index contributed by atoms with van der Waals surface area (Å²) in [6, 6.07) is 8.97. The van der Waals surface area contributed by atoms with Gasteiger partial charge in [-0.05, 0) is 42.9 Å². The number of carbonyl (C=O) groups excluding carboxylic acids is 1. The van der Waals surface area contributed by atoms with Gasteiger partial charge in [0.1, 0.15) is 5.75 Å². The molecule has 2 aromatic rings. The van der Waals surface area contributed by atoms with E-state index in [2.05, 4.69) is 10.3 Å². The first kappa shape index (κ1) is 18.2. The molecule has 1 heterocycles. The molecule has 0 radical (unpaired) electrons. The van der Waals surface area contributed by atoms with E-state index in [1.165, 1.54) is 0 Å². The van der Waals surface area contributed by atoms with Crippen LogP contribution in [0.1, 0.15) is 40.4 Å². The number of aryl methyl sites for hydroxylation is 1. The van der Waals surface area contributed by atoms with Crippen LogP contribution in [0.3, 0.4) is 0 Å². The number of amides is 1. The second-order valence-electron chi connectivity index (χ2n) is 6.62. The van der Waals surface area contributed by atoms with Crippen molar-refractivity contribution in [1.29, 1.82) is 0 Å². The van der Waals surface area contributed by atoms with Crippen LogP contribution in [0.4, 0.5) is 0 Å². The van der Waals surface area contributed by atoms with Crippen molar-refractivity contribution < 1.29 is 19.4 Å². The summed E-state index contributed by atoms with van der Waals surface area (Å²) in [6.07, 6.45) is 2.71. The third-order valence-electron chi connectivity index (χ3n) is 4.92. The molecule has 0 unspecified atom stereocenters. The lowest BCUT2D eigenvalue weighted by Gasteiger charge is -2.38. The monoisotopic (exact) mass is 356 g/mol. The van der Waals surface area contributed by atoms with Gasteiger partial charge >= 0.3 is 0 Å². The van der Waals surface area contributed by atoms with Crippen LogP contribution >= 0.6 is 0 Å². The quantitative estimate of drug-likeness (QED) is 0.832. The number of hydrogen-bond donors (Lipinski definition) is 2. The van der Waals surface area contributed by atoms with Gasteiger partial charge in [-0.15, -0.1) is 0 Å². The van der Waals surface area contributed by atoms with Crippen LogP contribution in [-0.2, 0) is 0 Å². The number of methoxy groups -OCH3 is 2. The van der Waals surface area contributed by atoms with E-state index in [1.54, 1.807) is 32.5 Å². The SMILES string of the molecule is COc1ccc([C@H](NC(=O)c2c(C)cccc2OC)C2CC(O)C2)cn1. The van der Waals surface area contributed by atoms with E-state index in [0.717, 1.165) is 11.1 Å². The van der Waals surface area contributed by atoms with Crippen LogP contribution < -0.4 is 14.8 Å². The molecular weight excluding hydrogens is 332 g/mol. The average molecular weight is 356 g/mol. The zero-order valence-corrected chi connectivity index (χ0v) is 15.2. The summed E-state index contributed by atoms with van der Waals surface area (Å²) in [5.74, 6) is 1.04. The number of nitrogens with zero attached hydrogens (tertiary/aromatic N) is 1. The molecule has 0 bridgehead atoms. The molecule has 1 amide bonds. The summed E-state index contributed by atoms with van der Waals surface area (Å²) >= 11 is 0. The first-order valence-electron chi connectivity index (χ1n) is 8.66. The fourth-order valence-corrected chi connectivity index (χ4v) is 3.39. The summed E-state index contributed by atoms with van der Waals surface area (Å²) in [5.41, 5.74) is 2.27. The molecule has 26 heavy (non-hydrogen) atoms. The molecule has 1 fully saturated rings. The fraction of sp³-hybridized carbons (Fsp3) is 0.400. The third kappa shape index (κ3) is 3.65. The molecule has 1 aromatic carbocycles. The highest BCUT2D eigenvalue weighted by Gasteiger charge is 2.36. The van der Waals surface area contributed by atoms with Gasteiger partial charge in [-0.25, -0.2) is 4.98 Å². The second kappa shape index (κ2) is 7.74. The zero-order chi connectivity index (χ0) is 18.7. The first-order valence-corrected chi connectivity index (χ1v) is 8.66. The Morgan fingerprint density at radius 1 is 1.23 bits per heavy atom. The van der Waals surface area contributed by atoms with E-state index in [9.17, 15) is 9.90 Å². The summed E-state index contributed by atoms with van der Waals surface area (Å²) in [6.45, 7) is 1.88. The van der Waals surface area contributed by atoms with E-state index >= 15 is 0 Å². The highest BCUT2D eigenvalue weighted by molar-refractivity contribution is 5.98. The van der Waals surface area contributed by atoms with Crippen molar-refractivity contribution in [2.24, 2.45) is 5.92 Å². The Labute approximate surface area is 153 Å². The number of nitrogens with one attached hydrogen (secondary N) is 1. The standard InChI is InChI=1S/C20H24N2O4/c1-12-5-4-6-16(25-2)18(12)20(24)22-19(14-9-15(23)10-14)13-7-8-17(26-3)21-11-13/h4-8,11,14-15,19,23H,9-10H2,1-3H3,(H,22,24)/t14?,15?,19-/m0/s1. The molecule has 0 aliphatic heterocycles. The van der Waals surface area contributed by atoms with Gasteiger partial charge in [0.05, 0.1) is 31.9 Å². The van der Waals surface area contributed by atoms with Crippen molar-refractivity contribution in [2.75, 3.05) is 14.2 Å².